The van der Waals surface area contributed by atoms with Gasteiger partial charge in [-0.15, -0.1) is 0 Å². The van der Waals surface area contributed by atoms with Crippen molar-refractivity contribution in [2.45, 2.75) is 26.8 Å². The zero-order valence-corrected chi connectivity index (χ0v) is 11.0. The minimum Gasteiger partial charge on any atom is -0.476 e. The Bertz CT molecular complexity index is 672. The highest BCUT2D eigenvalue weighted by Gasteiger charge is 2.27. The molecule has 0 spiro atoms. The van der Waals surface area contributed by atoms with Crippen LogP contribution in [-0.2, 0) is 6.54 Å². The zero-order chi connectivity index (χ0) is 14.9. The van der Waals surface area contributed by atoms with Crippen LogP contribution < -0.4 is 0 Å². The zero-order valence-electron chi connectivity index (χ0n) is 11.0. The van der Waals surface area contributed by atoms with Gasteiger partial charge in [-0.25, -0.2) is 14.5 Å². The third kappa shape index (κ3) is 2.25. The van der Waals surface area contributed by atoms with E-state index in [0.29, 0.717) is 6.54 Å². The molecule has 0 aliphatic heterocycles. The van der Waals surface area contributed by atoms with Gasteiger partial charge in [-0.1, -0.05) is 6.92 Å². The summed E-state index contributed by atoms with van der Waals surface area (Å²) in [5, 5.41) is 24.2. The van der Waals surface area contributed by atoms with Crippen molar-refractivity contribution in [2.75, 3.05) is 0 Å². The maximum absolute atomic E-state index is 11.2. The van der Waals surface area contributed by atoms with E-state index in [1.54, 1.807) is 6.92 Å². The number of nitro groups is 1. The molecule has 0 radical (unpaired) electrons. The van der Waals surface area contributed by atoms with Crippen LogP contribution in [0.25, 0.3) is 5.82 Å². The van der Waals surface area contributed by atoms with Crippen LogP contribution >= 0.6 is 0 Å². The lowest BCUT2D eigenvalue weighted by atomic mass is 10.3. The molecule has 2 aromatic heterocycles. The molecule has 0 fully saturated rings. The van der Waals surface area contributed by atoms with E-state index in [0.717, 1.165) is 6.42 Å². The molecule has 0 unspecified atom stereocenters. The van der Waals surface area contributed by atoms with Crippen LogP contribution in [-0.4, -0.2) is 35.3 Å². The summed E-state index contributed by atoms with van der Waals surface area (Å²) >= 11 is 0. The molecule has 20 heavy (non-hydrogen) atoms. The number of carboxylic acid groups (broad SMARTS) is 1. The van der Waals surface area contributed by atoms with Crippen LogP contribution in [0.3, 0.4) is 0 Å². The van der Waals surface area contributed by atoms with Crippen LogP contribution in [0.2, 0.25) is 0 Å². The van der Waals surface area contributed by atoms with E-state index < -0.39 is 10.9 Å². The van der Waals surface area contributed by atoms with Crippen LogP contribution in [0.4, 0.5) is 5.69 Å². The summed E-state index contributed by atoms with van der Waals surface area (Å²) in [5.41, 5.74) is -0.0435. The second-order valence-electron chi connectivity index (χ2n) is 4.21. The summed E-state index contributed by atoms with van der Waals surface area (Å²) < 4.78 is 2.80. The van der Waals surface area contributed by atoms with Gasteiger partial charge < -0.3 is 5.11 Å². The fourth-order valence-electron chi connectivity index (χ4n) is 1.95. The van der Waals surface area contributed by atoms with Crippen molar-refractivity contribution >= 4 is 11.7 Å². The van der Waals surface area contributed by atoms with E-state index in [2.05, 4.69) is 10.1 Å². The summed E-state index contributed by atoms with van der Waals surface area (Å²) in [6.07, 6.45) is 3.21. The molecule has 9 nitrogen and oxygen atoms in total. The van der Waals surface area contributed by atoms with E-state index in [1.807, 2.05) is 6.92 Å². The van der Waals surface area contributed by atoms with Gasteiger partial charge in [0.05, 0.1) is 4.92 Å². The van der Waals surface area contributed by atoms with Crippen LogP contribution in [0.15, 0.2) is 12.5 Å². The normalized spacial score (nSPS) is 10.7. The molecule has 0 saturated heterocycles. The first-order chi connectivity index (χ1) is 9.45. The first-order valence-corrected chi connectivity index (χ1v) is 5.95. The highest BCUT2D eigenvalue weighted by molar-refractivity contribution is 5.85. The number of hydrogen-bond acceptors (Lipinski definition) is 5. The molecule has 2 aromatic rings. The van der Waals surface area contributed by atoms with Crippen LogP contribution in [0.5, 0.6) is 0 Å². The van der Waals surface area contributed by atoms with Gasteiger partial charge in [0.1, 0.15) is 12.0 Å². The Morgan fingerprint density at radius 1 is 1.55 bits per heavy atom. The summed E-state index contributed by atoms with van der Waals surface area (Å²) in [6, 6.07) is 0. The molecule has 0 saturated carbocycles. The highest BCUT2D eigenvalue weighted by Crippen LogP contribution is 2.27. The van der Waals surface area contributed by atoms with Crippen molar-refractivity contribution in [1.82, 2.24) is 19.3 Å². The number of carbonyl (C=O) groups is 1. The topological polar surface area (TPSA) is 116 Å². The lowest BCUT2D eigenvalue weighted by Crippen LogP contribution is -2.07. The highest BCUT2D eigenvalue weighted by atomic mass is 16.6. The van der Waals surface area contributed by atoms with Crippen molar-refractivity contribution in [3.8, 4) is 5.82 Å². The Kier molecular flexibility index (Phi) is 3.51. The van der Waals surface area contributed by atoms with Gasteiger partial charge in [-0.3, -0.25) is 14.7 Å². The van der Waals surface area contributed by atoms with Crippen molar-refractivity contribution in [2.24, 2.45) is 0 Å². The molecule has 1 N–H and O–H groups in total. The predicted octanol–water partition coefficient (Wildman–Crippen LogP) is 1.39. The summed E-state index contributed by atoms with van der Waals surface area (Å²) in [6.45, 7) is 3.96. The second-order valence-corrected chi connectivity index (χ2v) is 4.21. The number of hydrogen-bond donors (Lipinski definition) is 1. The van der Waals surface area contributed by atoms with Crippen molar-refractivity contribution < 1.29 is 14.8 Å². The number of imidazole rings is 1. The molecule has 2 rings (SSSR count). The van der Waals surface area contributed by atoms with Gasteiger partial charge in [-0.05, 0) is 13.3 Å². The number of aromatic nitrogens is 4. The maximum atomic E-state index is 11.2. The Morgan fingerprint density at radius 2 is 2.25 bits per heavy atom. The van der Waals surface area contributed by atoms with E-state index in [1.165, 1.54) is 21.8 Å². The number of nitrogens with zero attached hydrogens (tertiary/aromatic N) is 5. The Morgan fingerprint density at radius 3 is 2.75 bits per heavy atom. The first kappa shape index (κ1) is 13.7. The van der Waals surface area contributed by atoms with Crippen molar-refractivity contribution in [3.63, 3.8) is 0 Å². The van der Waals surface area contributed by atoms with Crippen LogP contribution in [0, 0.1) is 17.0 Å². The molecule has 0 bridgehead atoms. The van der Waals surface area contributed by atoms with Crippen molar-refractivity contribution in [3.05, 3.63) is 34.0 Å². The lowest BCUT2D eigenvalue weighted by Gasteiger charge is -2.05. The molecule has 9 heteroatoms. The van der Waals surface area contributed by atoms with E-state index in [4.69, 9.17) is 5.11 Å². The average Bonchev–Trinajstić information content (AvgIpc) is 2.93. The van der Waals surface area contributed by atoms with E-state index >= 15 is 0 Å². The Hall–Kier alpha value is -2.71. The number of aryl methyl sites for hydroxylation is 2. The molecule has 0 amide bonds. The Balaban J connectivity index is 2.62. The Labute approximate surface area is 113 Å². The van der Waals surface area contributed by atoms with Gasteiger partial charge in [0, 0.05) is 12.7 Å². The minimum absolute atomic E-state index is 0.146. The number of rotatable bonds is 5. The molecule has 0 aromatic carbocycles. The number of aromatic carboxylic acids is 1. The summed E-state index contributed by atoms with van der Waals surface area (Å²) in [5.74, 6) is -0.973. The lowest BCUT2D eigenvalue weighted by molar-refractivity contribution is -0.385. The van der Waals surface area contributed by atoms with Gasteiger partial charge in [-0.2, -0.15) is 5.10 Å². The second kappa shape index (κ2) is 5.11. The standard InChI is InChI=1S/C11H13N5O4/c1-3-4-15-10(9(16(19)20)7(2)13-15)14-5-8(11(17)18)12-6-14/h5-6H,3-4H2,1-2H3,(H,17,18). The quantitative estimate of drug-likeness (QED) is 0.653. The van der Waals surface area contributed by atoms with E-state index in [9.17, 15) is 14.9 Å². The average molecular weight is 279 g/mol. The smallest absolute Gasteiger partial charge is 0.356 e. The molecule has 106 valence electrons. The molecular weight excluding hydrogens is 266 g/mol. The third-order valence-electron chi connectivity index (χ3n) is 2.73. The fraction of sp³-hybridized carbons (Fsp3) is 0.364. The summed E-state index contributed by atoms with van der Waals surface area (Å²) in [7, 11) is 0. The van der Waals surface area contributed by atoms with Gasteiger partial charge >= 0.3 is 11.7 Å². The van der Waals surface area contributed by atoms with Crippen LogP contribution in [0.1, 0.15) is 29.5 Å². The fourth-order valence-corrected chi connectivity index (χ4v) is 1.95. The van der Waals surface area contributed by atoms with Crippen molar-refractivity contribution in [1.29, 1.82) is 0 Å². The monoisotopic (exact) mass is 279 g/mol. The van der Waals surface area contributed by atoms with Gasteiger partial charge in [0.25, 0.3) is 0 Å². The van der Waals surface area contributed by atoms with Gasteiger partial charge in [0.15, 0.2) is 5.69 Å². The van der Waals surface area contributed by atoms with E-state index in [-0.39, 0.29) is 22.9 Å². The third-order valence-corrected chi connectivity index (χ3v) is 2.73. The summed E-state index contributed by atoms with van der Waals surface area (Å²) in [4.78, 5) is 25.2. The largest absolute Gasteiger partial charge is 0.476 e. The maximum Gasteiger partial charge on any atom is 0.356 e. The predicted molar refractivity (Wildman–Crippen MR) is 68.0 cm³/mol. The molecule has 0 atom stereocenters. The minimum atomic E-state index is -1.19. The van der Waals surface area contributed by atoms with Gasteiger partial charge in [0.2, 0.25) is 5.82 Å². The molecular formula is C11H13N5O4. The molecule has 0 aliphatic carbocycles. The first-order valence-electron chi connectivity index (χ1n) is 5.95. The molecule has 0 aliphatic rings. The molecule has 2 heterocycles. The SMILES string of the molecule is CCCn1nc(C)c([N+](=O)[O-])c1-n1cnc(C(=O)O)c1. The number of carboxylic acids is 1.